The van der Waals surface area contributed by atoms with Crippen LogP contribution in [0.25, 0.3) is 0 Å². The number of ether oxygens (including phenoxy) is 1. The van der Waals surface area contributed by atoms with Crippen molar-refractivity contribution in [3.05, 3.63) is 29.8 Å². The average Bonchev–Trinajstić information content (AvgIpc) is 2.60. The topological polar surface area (TPSA) is 49.8 Å². The Morgan fingerprint density at radius 3 is 2.85 bits per heavy atom. The second-order valence-electron chi connectivity index (χ2n) is 5.57. The van der Waals surface area contributed by atoms with Crippen molar-refractivity contribution in [2.45, 2.75) is 38.7 Å². The van der Waals surface area contributed by atoms with Crippen LogP contribution in [0.2, 0.25) is 0 Å². The van der Waals surface area contributed by atoms with Gasteiger partial charge in [-0.3, -0.25) is 4.79 Å². The van der Waals surface area contributed by atoms with Gasteiger partial charge in [-0.15, -0.1) is 0 Å². The van der Waals surface area contributed by atoms with Gasteiger partial charge in [-0.05, 0) is 45.2 Å². The van der Waals surface area contributed by atoms with Gasteiger partial charge < -0.3 is 14.7 Å². The molecule has 0 radical (unpaired) electrons. The molecular formula is C16H23NO3. The van der Waals surface area contributed by atoms with Crippen LogP contribution in [0.5, 0.6) is 5.75 Å². The van der Waals surface area contributed by atoms with E-state index >= 15 is 0 Å². The minimum Gasteiger partial charge on any atom is -0.493 e. The summed E-state index contributed by atoms with van der Waals surface area (Å²) in [6.07, 6.45) is 2.19. The average molecular weight is 277 g/mol. The second-order valence-corrected chi connectivity index (χ2v) is 5.57. The number of benzene rings is 1. The molecule has 1 aliphatic rings. The van der Waals surface area contributed by atoms with Crippen LogP contribution in [0.4, 0.5) is 0 Å². The molecular weight excluding hydrogens is 254 g/mol. The van der Waals surface area contributed by atoms with Gasteiger partial charge in [0.1, 0.15) is 5.75 Å². The molecule has 0 aromatic heterocycles. The highest BCUT2D eigenvalue weighted by molar-refractivity contribution is 5.97. The van der Waals surface area contributed by atoms with Crippen molar-refractivity contribution in [1.29, 1.82) is 0 Å². The van der Waals surface area contributed by atoms with E-state index in [-0.39, 0.29) is 5.91 Å². The predicted octanol–water partition coefficient (Wildman–Crippen LogP) is 2.46. The minimum atomic E-state index is -0.658. The molecule has 1 N–H and O–H groups in total. The van der Waals surface area contributed by atoms with Crippen LogP contribution in [-0.2, 0) is 0 Å². The van der Waals surface area contributed by atoms with Crippen molar-refractivity contribution in [3.8, 4) is 5.75 Å². The van der Waals surface area contributed by atoms with E-state index < -0.39 is 5.60 Å². The number of aliphatic hydroxyl groups is 1. The van der Waals surface area contributed by atoms with Gasteiger partial charge in [-0.25, -0.2) is 0 Å². The standard InChI is InChI=1S/C16H23NO3/c1-3-20-14-8-5-4-7-13(14)15(18)17-11-6-9-16(2,19)10-12-17/h4-5,7-8,19H,3,6,9-12H2,1-2H3. The third kappa shape index (κ3) is 3.51. The first-order valence-corrected chi connectivity index (χ1v) is 7.27. The van der Waals surface area contributed by atoms with E-state index in [4.69, 9.17) is 4.74 Å². The zero-order valence-corrected chi connectivity index (χ0v) is 12.3. The molecule has 1 unspecified atom stereocenters. The van der Waals surface area contributed by atoms with Crippen molar-refractivity contribution in [3.63, 3.8) is 0 Å². The SMILES string of the molecule is CCOc1ccccc1C(=O)N1CCCC(C)(O)CC1. The number of rotatable bonds is 3. The van der Waals surface area contributed by atoms with E-state index in [0.29, 0.717) is 37.4 Å². The van der Waals surface area contributed by atoms with Gasteiger partial charge in [0, 0.05) is 13.1 Å². The third-order valence-electron chi connectivity index (χ3n) is 3.77. The van der Waals surface area contributed by atoms with E-state index in [9.17, 15) is 9.90 Å². The van der Waals surface area contributed by atoms with Crippen molar-refractivity contribution in [1.82, 2.24) is 4.90 Å². The van der Waals surface area contributed by atoms with E-state index in [1.54, 1.807) is 6.07 Å². The van der Waals surface area contributed by atoms with E-state index in [2.05, 4.69) is 0 Å². The molecule has 2 rings (SSSR count). The summed E-state index contributed by atoms with van der Waals surface area (Å²) in [5.74, 6) is 0.628. The number of hydrogen-bond acceptors (Lipinski definition) is 3. The lowest BCUT2D eigenvalue weighted by atomic mass is 9.98. The van der Waals surface area contributed by atoms with Gasteiger partial charge in [0.05, 0.1) is 17.8 Å². The van der Waals surface area contributed by atoms with Crippen molar-refractivity contribution in [2.24, 2.45) is 0 Å². The summed E-state index contributed by atoms with van der Waals surface area (Å²) in [6, 6.07) is 7.35. The number of hydrogen-bond donors (Lipinski definition) is 1. The van der Waals surface area contributed by atoms with Crippen LogP contribution in [0.15, 0.2) is 24.3 Å². The molecule has 1 heterocycles. The molecule has 1 saturated heterocycles. The highest BCUT2D eigenvalue weighted by atomic mass is 16.5. The van der Waals surface area contributed by atoms with Crippen molar-refractivity contribution in [2.75, 3.05) is 19.7 Å². The van der Waals surface area contributed by atoms with Gasteiger partial charge in [-0.2, -0.15) is 0 Å². The Labute approximate surface area is 120 Å². The molecule has 20 heavy (non-hydrogen) atoms. The maximum Gasteiger partial charge on any atom is 0.257 e. The highest BCUT2D eigenvalue weighted by Gasteiger charge is 2.28. The molecule has 4 heteroatoms. The Bertz CT molecular complexity index is 471. The molecule has 110 valence electrons. The maximum atomic E-state index is 12.6. The monoisotopic (exact) mass is 277 g/mol. The van der Waals surface area contributed by atoms with Gasteiger partial charge in [-0.1, -0.05) is 12.1 Å². The zero-order chi connectivity index (χ0) is 14.6. The smallest absolute Gasteiger partial charge is 0.257 e. The molecule has 1 aliphatic heterocycles. The molecule has 4 nitrogen and oxygen atoms in total. The lowest BCUT2D eigenvalue weighted by Crippen LogP contribution is -2.33. The van der Waals surface area contributed by atoms with E-state index in [1.807, 2.05) is 36.9 Å². The van der Waals surface area contributed by atoms with Crippen molar-refractivity contribution >= 4 is 5.91 Å². The van der Waals surface area contributed by atoms with E-state index in [1.165, 1.54) is 0 Å². The van der Waals surface area contributed by atoms with Crippen LogP contribution in [0, 0.1) is 0 Å². The molecule has 1 amide bonds. The summed E-state index contributed by atoms with van der Waals surface area (Å²) in [5, 5.41) is 10.1. The lowest BCUT2D eigenvalue weighted by molar-refractivity contribution is 0.0437. The summed E-state index contributed by atoms with van der Waals surface area (Å²) in [7, 11) is 0. The summed E-state index contributed by atoms with van der Waals surface area (Å²) in [6.45, 7) is 5.57. The first-order chi connectivity index (χ1) is 9.53. The first kappa shape index (κ1) is 14.9. The number of nitrogens with zero attached hydrogens (tertiary/aromatic N) is 1. The Morgan fingerprint density at radius 2 is 2.10 bits per heavy atom. The molecule has 0 aliphatic carbocycles. The Balaban J connectivity index is 2.15. The van der Waals surface area contributed by atoms with Gasteiger partial charge in [0.15, 0.2) is 0 Å². The fourth-order valence-corrected chi connectivity index (χ4v) is 2.56. The first-order valence-electron chi connectivity index (χ1n) is 7.27. The molecule has 1 atom stereocenters. The van der Waals surface area contributed by atoms with Gasteiger partial charge in [0.2, 0.25) is 0 Å². The number of likely N-dealkylation sites (tertiary alicyclic amines) is 1. The van der Waals surface area contributed by atoms with Crippen LogP contribution in [0.1, 0.15) is 43.5 Å². The van der Waals surface area contributed by atoms with Gasteiger partial charge in [0.25, 0.3) is 5.91 Å². The maximum absolute atomic E-state index is 12.6. The van der Waals surface area contributed by atoms with E-state index in [0.717, 1.165) is 12.8 Å². The largest absolute Gasteiger partial charge is 0.493 e. The van der Waals surface area contributed by atoms with Crippen LogP contribution in [-0.4, -0.2) is 41.2 Å². The normalized spacial score (nSPS) is 23.2. The molecule has 0 spiro atoms. The molecule has 1 fully saturated rings. The summed E-state index contributed by atoms with van der Waals surface area (Å²) in [5.41, 5.74) is -0.0510. The summed E-state index contributed by atoms with van der Waals surface area (Å²) >= 11 is 0. The lowest BCUT2D eigenvalue weighted by Gasteiger charge is -2.23. The molecule has 1 aromatic carbocycles. The zero-order valence-electron chi connectivity index (χ0n) is 12.3. The molecule has 0 bridgehead atoms. The second kappa shape index (κ2) is 6.27. The quantitative estimate of drug-likeness (QED) is 0.923. The molecule has 1 aromatic rings. The predicted molar refractivity (Wildman–Crippen MR) is 78.0 cm³/mol. The van der Waals surface area contributed by atoms with Crippen LogP contribution >= 0.6 is 0 Å². The Morgan fingerprint density at radius 1 is 1.35 bits per heavy atom. The fourth-order valence-electron chi connectivity index (χ4n) is 2.56. The number of amides is 1. The number of para-hydroxylation sites is 1. The Kier molecular flexibility index (Phi) is 4.65. The van der Waals surface area contributed by atoms with Gasteiger partial charge >= 0.3 is 0 Å². The minimum absolute atomic E-state index is 0.00764. The third-order valence-corrected chi connectivity index (χ3v) is 3.77. The molecule has 0 saturated carbocycles. The fraction of sp³-hybridized carbons (Fsp3) is 0.562. The number of carbonyl (C=O) groups excluding carboxylic acids is 1. The van der Waals surface area contributed by atoms with Crippen LogP contribution in [0.3, 0.4) is 0 Å². The highest BCUT2D eigenvalue weighted by Crippen LogP contribution is 2.25. The Hall–Kier alpha value is -1.55. The van der Waals surface area contributed by atoms with Crippen molar-refractivity contribution < 1.29 is 14.6 Å². The summed E-state index contributed by atoms with van der Waals surface area (Å²) < 4.78 is 5.52. The number of carbonyl (C=O) groups is 1. The van der Waals surface area contributed by atoms with Crippen LogP contribution < -0.4 is 4.74 Å². The summed E-state index contributed by atoms with van der Waals surface area (Å²) in [4.78, 5) is 14.4.